The highest BCUT2D eigenvalue weighted by molar-refractivity contribution is 7.21. The summed E-state index contributed by atoms with van der Waals surface area (Å²) in [6.07, 6.45) is 1.63. The summed E-state index contributed by atoms with van der Waals surface area (Å²) in [5.74, 6) is -0.299. The van der Waals surface area contributed by atoms with Crippen LogP contribution in [0.2, 0.25) is 5.02 Å². The molecule has 0 radical (unpaired) electrons. The summed E-state index contributed by atoms with van der Waals surface area (Å²) < 4.78 is 0.985. The highest BCUT2D eigenvalue weighted by atomic mass is 35.5. The van der Waals surface area contributed by atoms with E-state index in [1.165, 1.54) is 17.0 Å². The molecule has 26 heavy (non-hydrogen) atoms. The molecule has 1 heterocycles. The molecule has 1 N–H and O–H groups in total. The molecule has 0 unspecified atom stereocenters. The van der Waals surface area contributed by atoms with Crippen molar-refractivity contribution in [1.82, 2.24) is 5.43 Å². The first-order valence-electron chi connectivity index (χ1n) is 8.49. The van der Waals surface area contributed by atoms with E-state index in [9.17, 15) is 4.79 Å². The Bertz CT molecular complexity index is 930. The first kappa shape index (κ1) is 18.4. The predicted octanol–water partition coefficient (Wildman–Crippen LogP) is 5.16. The SMILES string of the molecule is CCN(CC)c1ccc(/C=N/NC(=O)c2sc3ccccc3c2Cl)cc1. The second-order valence-corrected chi connectivity index (χ2v) is 7.13. The highest BCUT2D eigenvalue weighted by Gasteiger charge is 2.16. The fourth-order valence-corrected chi connectivity index (χ4v) is 4.14. The summed E-state index contributed by atoms with van der Waals surface area (Å²) in [7, 11) is 0. The van der Waals surface area contributed by atoms with E-state index in [2.05, 4.69) is 41.4 Å². The zero-order valence-corrected chi connectivity index (χ0v) is 16.3. The van der Waals surface area contributed by atoms with Crippen LogP contribution in [0.5, 0.6) is 0 Å². The molecule has 0 aliphatic rings. The molecule has 0 spiro atoms. The predicted molar refractivity (Wildman–Crippen MR) is 112 cm³/mol. The maximum Gasteiger partial charge on any atom is 0.283 e. The number of hydrogen-bond acceptors (Lipinski definition) is 4. The van der Waals surface area contributed by atoms with Crippen LogP contribution in [0.15, 0.2) is 53.6 Å². The third kappa shape index (κ3) is 3.89. The largest absolute Gasteiger partial charge is 0.372 e. The molecule has 3 rings (SSSR count). The van der Waals surface area contributed by atoms with E-state index < -0.39 is 0 Å². The van der Waals surface area contributed by atoms with Gasteiger partial charge in [-0.15, -0.1) is 11.3 Å². The Kier molecular flexibility index (Phi) is 5.91. The van der Waals surface area contributed by atoms with Gasteiger partial charge in [0.1, 0.15) is 4.88 Å². The minimum Gasteiger partial charge on any atom is -0.372 e. The van der Waals surface area contributed by atoms with Crippen molar-refractivity contribution in [2.24, 2.45) is 5.10 Å². The van der Waals surface area contributed by atoms with Crippen molar-refractivity contribution < 1.29 is 4.79 Å². The van der Waals surface area contributed by atoms with Gasteiger partial charge in [-0.05, 0) is 37.6 Å². The van der Waals surface area contributed by atoms with Crippen LogP contribution in [0.1, 0.15) is 29.1 Å². The standard InChI is InChI=1S/C20H20ClN3OS/c1-3-24(4-2)15-11-9-14(10-12-15)13-22-23-20(25)19-18(21)16-7-5-6-8-17(16)26-19/h5-13H,3-4H2,1-2H3,(H,23,25)/b22-13+. The molecule has 2 aromatic carbocycles. The molecule has 0 saturated heterocycles. The van der Waals surface area contributed by atoms with Crippen molar-refractivity contribution in [3.8, 4) is 0 Å². The van der Waals surface area contributed by atoms with E-state index in [1.54, 1.807) is 6.21 Å². The molecule has 4 nitrogen and oxygen atoms in total. The molecule has 134 valence electrons. The van der Waals surface area contributed by atoms with E-state index in [-0.39, 0.29) is 5.91 Å². The Morgan fingerprint density at radius 2 is 1.85 bits per heavy atom. The molecule has 1 aromatic heterocycles. The lowest BCUT2D eigenvalue weighted by molar-refractivity contribution is 0.0959. The van der Waals surface area contributed by atoms with Gasteiger partial charge in [-0.3, -0.25) is 4.79 Å². The maximum atomic E-state index is 12.3. The average Bonchev–Trinajstić information content (AvgIpc) is 3.01. The zero-order valence-electron chi connectivity index (χ0n) is 14.7. The summed E-state index contributed by atoms with van der Waals surface area (Å²) in [4.78, 5) is 15.1. The van der Waals surface area contributed by atoms with Gasteiger partial charge in [0, 0.05) is 28.9 Å². The van der Waals surface area contributed by atoms with Gasteiger partial charge in [0.05, 0.1) is 11.2 Å². The molecule has 0 atom stereocenters. The molecule has 1 amide bonds. The Morgan fingerprint density at radius 3 is 2.50 bits per heavy atom. The van der Waals surface area contributed by atoms with Crippen LogP contribution in [-0.4, -0.2) is 25.2 Å². The summed E-state index contributed by atoms with van der Waals surface area (Å²) in [6.45, 7) is 6.20. The second kappa shape index (κ2) is 8.34. The Morgan fingerprint density at radius 1 is 1.15 bits per heavy atom. The van der Waals surface area contributed by atoms with Gasteiger partial charge in [0.25, 0.3) is 5.91 Å². The first-order valence-corrected chi connectivity index (χ1v) is 9.69. The van der Waals surface area contributed by atoms with Crippen LogP contribution in [-0.2, 0) is 0 Å². The van der Waals surface area contributed by atoms with Gasteiger partial charge in [0.15, 0.2) is 0 Å². The van der Waals surface area contributed by atoms with Crippen LogP contribution in [0.3, 0.4) is 0 Å². The zero-order chi connectivity index (χ0) is 18.5. The topological polar surface area (TPSA) is 44.7 Å². The van der Waals surface area contributed by atoms with Crippen molar-refractivity contribution >= 4 is 50.8 Å². The Balaban J connectivity index is 1.68. The molecule has 0 fully saturated rings. The number of halogens is 1. The van der Waals surface area contributed by atoms with Gasteiger partial charge in [-0.2, -0.15) is 5.10 Å². The molecule has 3 aromatic rings. The minimum absolute atomic E-state index is 0.299. The minimum atomic E-state index is -0.299. The number of hydrogen-bond donors (Lipinski definition) is 1. The number of nitrogens with one attached hydrogen (secondary N) is 1. The van der Waals surface area contributed by atoms with E-state index in [0.717, 1.165) is 28.7 Å². The first-order chi connectivity index (χ1) is 12.6. The summed E-state index contributed by atoms with van der Waals surface area (Å²) in [5, 5.41) is 5.42. The van der Waals surface area contributed by atoms with Gasteiger partial charge < -0.3 is 4.90 Å². The molecule has 0 bridgehead atoms. The Labute approximate surface area is 162 Å². The quantitative estimate of drug-likeness (QED) is 0.470. The highest BCUT2D eigenvalue weighted by Crippen LogP contribution is 2.34. The van der Waals surface area contributed by atoms with Gasteiger partial charge in [0.2, 0.25) is 0 Å². The van der Waals surface area contributed by atoms with Crippen molar-refractivity contribution in [2.75, 3.05) is 18.0 Å². The van der Waals surface area contributed by atoms with E-state index in [4.69, 9.17) is 11.6 Å². The number of carbonyl (C=O) groups excluding carboxylic acids is 1. The Hall–Kier alpha value is -2.37. The third-order valence-corrected chi connectivity index (χ3v) is 5.82. The number of hydrazone groups is 1. The van der Waals surface area contributed by atoms with E-state index in [0.29, 0.717) is 9.90 Å². The molecule has 0 saturated carbocycles. The smallest absolute Gasteiger partial charge is 0.283 e. The average molecular weight is 386 g/mol. The number of anilines is 1. The van der Waals surface area contributed by atoms with E-state index in [1.807, 2.05) is 36.4 Å². The van der Waals surface area contributed by atoms with Crippen LogP contribution in [0, 0.1) is 0 Å². The lowest BCUT2D eigenvalue weighted by Crippen LogP contribution is -2.21. The van der Waals surface area contributed by atoms with Crippen molar-refractivity contribution in [3.63, 3.8) is 0 Å². The van der Waals surface area contributed by atoms with Crippen LogP contribution >= 0.6 is 22.9 Å². The lowest BCUT2D eigenvalue weighted by Gasteiger charge is -2.20. The number of carbonyl (C=O) groups is 1. The van der Waals surface area contributed by atoms with E-state index >= 15 is 0 Å². The molecular formula is C20H20ClN3OS. The third-order valence-electron chi connectivity index (χ3n) is 4.14. The number of fused-ring (bicyclic) bond motifs is 1. The molecule has 6 heteroatoms. The molecule has 0 aliphatic heterocycles. The van der Waals surface area contributed by atoms with Crippen LogP contribution in [0.25, 0.3) is 10.1 Å². The number of nitrogens with zero attached hydrogens (tertiary/aromatic N) is 2. The summed E-state index contributed by atoms with van der Waals surface area (Å²) in [5.41, 5.74) is 4.65. The fraction of sp³-hybridized carbons (Fsp3) is 0.200. The fourth-order valence-electron chi connectivity index (χ4n) is 2.74. The molecule has 0 aliphatic carbocycles. The lowest BCUT2D eigenvalue weighted by atomic mass is 10.2. The summed E-state index contributed by atoms with van der Waals surface area (Å²) in [6, 6.07) is 15.8. The number of amides is 1. The number of thiophene rings is 1. The summed E-state index contributed by atoms with van der Waals surface area (Å²) >= 11 is 7.68. The van der Waals surface area contributed by atoms with Gasteiger partial charge in [-0.25, -0.2) is 5.43 Å². The number of rotatable bonds is 6. The van der Waals surface area contributed by atoms with Crippen LogP contribution in [0.4, 0.5) is 5.69 Å². The van der Waals surface area contributed by atoms with Crippen molar-refractivity contribution in [2.45, 2.75) is 13.8 Å². The number of benzene rings is 2. The van der Waals surface area contributed by atoms with Gasteiger partial charge >= 0.3 is 0 Å². The monoisotopic (exact) mass is 385 g/mol. The molecular weight excluding hydrogens is 366 g/mol. The maximum absolute atomic E-state index is 12.3. The second-order valence-electron chi connectivity index (χ2n) is 5.70. The van der Waals surface area contributed by atoms with Gasteiger partial charge in [-0.1, -0.05) is 41.9 Å². The van der Waals surface area contributed by atoms with Crippen LogP contribution < -0.4 is 10.3 Å². The van der Waals surface area contributed by atoms with Crippen molar-refractivity contribution in [3.05, 3.63) is 64.0 Å². The normalized spacial score (nSPS) is 11.2. The van der Waals surface area contributed by atoms with Crippen molar-refractivity contribution in [1.29, 1.82) is 0 Å².